The van der Waals surface area contributed by atoms with Crippen molar-refractivity contribution < 1.29 is 26.7 Å². The zero-order chi connectivity index (χ0) is 14.0. The highest BCUT2D eigenvalue weighted by molar-refractivity contribution is 7.89. The maximum Gasteiger partial charge on any atom is 0.402 e. The fourth-order valence-corrected chi connectivity index (χ4v) is 2.59. The molecule has 18 heavy (non-hydrogen) atoms. The van der Waals surface area contributed by atoms with Crippen LogP contribution in [-0.2, 0) is 16.6 Å². The van der Waals surface area contributed by atoms with E-state index in [1.54, 1.807) is 0 Å². The van der Waals surface area contributed by atoms with E-state index < -0.39 is 22.7 Å². The van der Waals surface area contributed by atoms with Crippen molar-refractivity contribution in [1.82, 2.24) is 4.72 Å². The van der Waals surface area contributed by atoms with E-state index in [9.17, 15) is 21.6 Å². The Kier molecular flexibility index (Phi) is 4.36. The molecule has 8 heteroatoms. The topological polar surface area (TPSA) is 66.4 Å². The fourth-order valence-electron chi connectivity index (χ4n) is 1.29. The largest absolute Gasteiger partial charge is 0.402 e. The van der Waals surface area contributed by atoms with E-state index in [2.05, 4.69) is 0 Å². The molecule has 0 aromatic heterocycles. The third kappa shape index (κ3) is 3.97. The highest BCUT2D eigenvalue weighted by atomic mass is 32.2. The van der Waals surface area contributed by atoms with Gasteiger partial charge in [0.05, 0.1) is 11.5 Å². The van der Waals surface area contributed by atoms with Crippen molar-refractivity contribution in [3.63, 3.8) is 0 Å². The maximum atomic E-state index is 12.0. The van der Waals surface area contributed by atoms with Crippen LogP contribution in [0.25, 0.3) is 0 Å². The van der Waals surface area contributed by atoms with Gasteiger partial charge in [0.2, 0.25) is 10.0 Å². The molecule has 0 spiro atoms. The Morgan fingerprint density at radius 3 is 2.44 bits per heavy atom. The van der Waals surface area contributed by atoms with Gasteiger partial charge in [-0.2, -0.15) is 13.2 Å². The van der Waals surface area contributed by atoms with Crippen molar-refractivity contribution in [2.24, 2.45) is 0 Å². The number of rotatable bonds is 4. The minimum atomic E-state index is -4.62. The molecule has 0 aliphatic heterocycles. The van der Waals surface area contributed by atoms with Crippen molar-refractivity contribution in [2.75, 3.05) is 6.54 Å². The minimum absolute atomic E-state index is 0.265. The average molecular weight is 283 g/mol. The monoisotopic (exact) mass is 283 g/mol. The zero-order valence-electron chi connectivity index (χ0n) is 9.45. The van der Waals surface area contributed by atoms with E-state index in [-0.39, 0.29) is 11.5 Å². The van der Waals surface area contributed by atoms with Gasteiger partial charge in [0.1, 0.15) is 6.54 Å². The highest BCUT2D eigenvalue weighted by Gasteiger charge is 2.30. The van der Waals surface area contributed by atoms with Crippen molar-refractivity contribution in [1.29, 1.82) is 0 Å². The standard InChI is InChI=1S/C10H12F3NO3S/c1-7-2-3-8(5-15)4-9(7)18(16,17)14-6-10(11,12)13/h2-4,14-15H,5-6H2,1H3. The number of hydrogen-bond donors (Lipinski definition) is 2. The Balaban J connectivity index is 3.05. The third-order valence-electron chi connectivity index (χ3n) is 2.19. The summed E-state index contributed by atoms with van der Waals surface area (Å²) in [6.45, 7) is -0.552. The van der Waals surface area contributed by atoms with Gasteiger partial charge in [-0.3, -0.25) is 0 Å². The highest BCUT2D eigenvalue weighted by Crippen LogP contribution is 2.19. The molecule has 0 saturated carbocycles. The third-order valence-corrected chi connectivity index (χ3v) is 3.73. The summed E-state index contributed by atoms with van der Waals surface area (Å²) >= 11 is 0. The lowest BCUT2D eigenvalue weighted by Gasteiger charge is -2.12. The number of benzene rings is 1. The number of aryl methyl sites for hydroxylation is 1. The molecule has 0 bridgehead atoms. The van der Waals surface area contributed by atoms with Gasteiger partial charge in [0, 0.05) is 0 Å². The van der Waals surface area contributed by atoms with Gasteiger partial charge in [-0.15, -0.1) is 0 Å². The van der Waals surface area contributed by atoms with Crippen molar-refractivity contribution in [3.05, 3.63) is 29.3 Å². The second-order valence-corrected chi connectivity index (χ2v) is 5.43. The first-order chi connectivity index (χ1) is 8.15. The van der Waals surface area contributed by atoms with Crippen LogP contribution in [0, 0.1) is 6.92 Å². The van der Waals surface area contributed by atoms with Crippen LogP contribution in [0.15, 0.2) is 23.1 Å². The molecule has 0 amide bonds. The molecule has 0 atom stereocenters. The number of halogens is 3. The number of alkyl halides is 3. The second kappa shape index (κ2) is 5.25. The van der Waals surface area contributed by atoms with E-state index in [1.807, 2.05) is 0 Å². The van der Waals surface area contributed by atoms with Crippen LogP contribution in [0.5, 0.6) is 0 Å². The van der Waals surface area contributed by atoms with Gasteiger partial charge in [-0.05, 0) is 24.1 Å². The van der Waals surface area contributed by atoms with Gasteiger partial charge in [0.25, 0.3) is 0 Å². The van der Waals surface area contributed by atoms with Crippen LogP contribution in [-0.4, -0.2) is 26.2 Å². The smallest absolute Gasteiger partial charge is 0.392 e. The molecule has 1 aromatic carbocycles. The number of nitrogens with one attached hydrogen (secondary N) is 1. The molecule has 2 N–H and O–H groups in total. The molecule has 0 heterocycles. The van der Waals surface area contributed by atoms with E-state index in [4.69, 9.17) is 5.11 Å². The SMILES string of the molecule is Cc1ccc(CO)cc1S(=O)(=O)NCC(F)(F)F. The summed E-state index contributed by atoms with van der Waals surface area (Å²) in [7, 11) is -4.24. The Bertz CT molecular complexity index is 526. The molecule has 0 fully saturated rings. The summed E-state index contributed by atoms with van der Waals surface area (Å²) in [5, 5.41) is 8.88. The minimum Gasteiger partial charge on any atom is -0.392 e. The normalized spacial score (nSPS) is 12.7. The van der Waals surface area contributed by atoms with Crippen LogP contribution in [0.4, 0.5) is 13.2 Å². The van der Waals surface area contributed by atoms with Crippen molar-refractivity contribution in [3.8, 4) is 0 Å². The molecule has 0 aliphatic rings. The summed E-state index contributed by atoms with van der Waals surface area (Å²) in [5.41, 5.74) is 0.620. The first-order valence-corrected chi connectivity index (χ1v) is 6.41. The maximum absolute atomic E-state index is 12.0. The predicted molar refractivity (Wildman–Crippen MR) is 58.3 cm³/mol. The zero-order valence-corrected chi connectivity index (χ0v) is 10.3. The van der Waals surface area contributed by atoms with Gasteiger partial charge in [-0.1, -0.05) is 12.1 Å². The van der Waals surface area contributed by atoms with Crippen LogP contribution < -0.4 is 4.72 Å². The van der Waals surface area contributed by atoms with Crippen molar-refractivity contribution >= 4 is 10.0 Å². The van der Waals surface area contributed by atoms with E-state index in [0.29, 0.717) is 11.1 Å². The first kappa shape index (κ1) is 14.9. The summed E-state index contributed by atoms with van der Waals surface area (Å²) < 4.78 is 60.8. The lowest BCUT2D eigenvalue weighted by molar-refractivity contribution is -0.121. The summed E-state index contributed by atoms with van der Waals surface area (Å²) in [6, 6.07) is 4.07. The molecule has 0 unspecified atom stereocenters. The summed E-state index contributed by atoms with van der Waals surface area (Å²) in [6.07, 6.45) is -4.62. The molecular formula is C10H12F3NO3S. The molecule has 4 nitrogen and oxygen atoms in total. The van der Waals surface area contributed by atoms with E-state index in [0.717, 1.165) is 6.07 Å². The van der Waals surface area contributed by atoms with Crippen LogP contribution in [0.2, 0.25) is 0 Å². The van der Waals surface area contributed by atoms with Gasteiger partial charge < -0.3 is 5.11 Å². The van der Waals surface area contributed by atoms with E-state index in [1.165, 1.54) is 23.8 Å². The van der Waals surface area contributed by atoms with Gasteiger partial charge in [0.15, 0.2) is 0 Å². The lowest BCUT2D eigenvalue weighted by Crippen LogP contribution is -2.34. The summed E-state index contributed by atoms with van der Waals surface area (Å²) in [5.74, 6) is 0. The Morgan fingerprint density at radius 2 is 1.94 bits per heavy atom. The predicted octanol–water partition coefficient (Wildman–Crippen LogP) is 1.33. The van der Waals surface area contributed by atoms with E-state index >= 15 is 0 Å². The number of aliphatic hydroxyl groups excluding tert-OH is 1. The molecular weight excluding hydrogens is 271 g/mol. The molecule has 0 saturated heterocycles. The Labute approximate surface area is 102 Å². The molecule has 0 aliphatic carbocycles. The second-order valence-electron chi connectivity index (χ2n) is 3.70. The Hall–Kier alpha value is -1.12. The molecule has 102 valence electrons. The van der Waals surface area contributed by atoms with Crippen molar-refractivity contribution in [2.45, 2.75) is 24.6 Å². The van der Waals surface area contributed by atoms with Gasteiger partial charge >= 0.3 is 6.18 Å². The number of hydrogen-bond acceptors (Lipinski definition) is 3. The number of sulfonamides is 1. The first-order valence-electron chi connectivity index (χ1n) is 4.92. The lowest BCUT2D eigenvalue weighted by atomic mass is 10.2. The average Bonchev–Trinajstić information content (AvgIpc) is 2.26. The summed E-state index contributed by atoms with van der Waals surface area (Å²) in [4.78, 5) is -0.265. The molecule has 0 radical (unpaired) electrons. The van der Waals surface area contributed by atoms with Crippen LogP contribution in [0.1, 0.15) is 11.1 Å². The molecule has 1 aromatic rings. The van der Waals surface area contributed by atoms with Crippen LogP contribution in [0.3, 0.4) is 0 Å². The Morgan fingerprint density at radius 1 is 1.33 bits per heavy atom. The molecule has 1 rings (SSSR count). The quantitative estimate of drug-likeness (QED) is 0.876. The fraction of sp³-hybridized carbons (Fsp3) is 0.400. The van der Waals surface area contributed by atoms with Crippen LogP contribution >= 0.6 is 0 Å². The van der Waals surface area contributed by atoms with Gasteiger partial charge in [-0.25, -0.2) is 13.1 Å². The number of aliphatic hydroxyl groups is 1.